The van der Waals surface area contributed by atoms with E-state index in [0.717, 1.165) is 17.2 Å². The molecule has 332 valence electrons. The Morgan fingerprint density at radius 3 is 1.64 bits per heavy atom. The number of aliphatic hydroxyl groups excluding tert-OH is 1. The Hall–Kier alpha value is -1.77. The minimum Gasteiger partial charge on any atom is -0.396 e. The van der Waals surface area contributed by atoms with Gasteiger partial charge in [0.05, 0.1) is 61.2 Å². The van der Waals surface area contributed by atoms with Crippen LogP contribution >= 0.6 is 58.5 Å². The van der Waals surface area contributed by atoms with Crippen LogP contribution < -0.4 is 0 Å². The summed E-state index contributed by atoms with van der Waals surface area (Å²) in [6, 6.07) is 18.3. The van der Waals surface area contributed by atoms with Gasteiger partial charge in [0.25, 0.3) is 0 Å². The fourth-order valence-electron chi connectivity index (χ4n) is 2.97. The van der Waals surface area contributed by atoms with E-state index < -0.39 is 0 Å². The smallest absolute Gasteiger partial charge is 0.220 e. The SMILES string of the molecule is CC(C)(C)OCCSC(=O)c1ccccc1.CC(C)C.CC(C)CO.CC(C)OCCC#N.CC(C)OCCSC(=O)c1ccc(Cl)cc1Cl.CC(C)SCCC#N. The Balaban J connectivity index is -0.000000326. The van der Waals surface area contributed by atoms with Crippen molar-refractivity contribution in [3.05, 3.63) is 69.7 Å². The lowest BCUT2D eigenvalue weighted by Gasteiger charge is -2.18. The molecule has 0 heterocycles. The second kappa shape index (κ2) is 41.9. The van der Waals surface area contributed by atoms with Gasteiger partial charge in [-0.2, -0.15) is 22.3 Å². The van der Waals surface area contributed by atoms with Crippen molar-refractivity contribution in [2.75, 3.05) is 43.7 Å². The highest BCUT2D eigenvalue weighted by Gasteiger charge is 2.12. The zero-order chi connectivity index (χ0) is 45.5. The molecule has 0 spiro atoms. The van der Waals surface area contributed by atoms with Crippen LogP contribution in [-0.2, 0) is 14.2 Å². The first-order valence-electron chi connectivity index (χ1n) is 19.7. The zero-order valence-electron chi connectivity index (χ0n) is 37.7. The highest BCUT2D eigenvalue weighted by atomic mass is 35.5. The summed E-state index contributed by atoms with van der Waals surface area (Å²) in [7, 11) is 0. The highest BCUT2D eigenvalue weighted by molar-refractivity contribution is 8.14. The molecule has 0 aliphatic carbocycles. The van der Waals surface area contributed by atoms with E-state index in [1.54, 1.807) is 18.2 Å². The first-order valence-corrected chi connectivity index (χ1v) is 23.5. The number of rotatable bonds is 16. The van der Waals surface area contributed by atoms with Gasteiger partial charge >= 0.3 is 0 Å². The fourth-order valence-corrected chi connectivity index (χ4v) is 5.56. The van der Waals surface area contributed by atoms with Crippen molar-refractivity contribution in [1.29, 1.82) is 10.5 Å². The van der Waals surface area contributed by atoms with Crippen molar-refractivity contribution in [2.45, 2.75) is 133 Å². The van der Waals surface area contributed by atoms with Gasteiger partial charge < -0.3 is 19.3 Å². The van der Waals surface area contributed by atoms with E-state index in [1.165, 1.54) is 23.5 Å². The average molecular weight is 906 g/mol. The number of carbonyl (C=O) groups is 2. The highest BCUT2D eigenvalue weighted by Crippen LogP contribution is 2.24. The van der Waals surface area contributed by atoms with Crippen LogP contribution in [0, 0.1) is 34.5 Å². The van der Waals surface area contributed by atoms with Crippen LogP contribution in [0.1, 0.15) is 130 Å². The molecule has 0 saturated carbocycles. The molecular formula is C45H74Cl2N2O6S3. The number of ether oxygens (including phenoxy) is 3. The summed E-state index contributed by atoms with van der Waals surface area (Å²) in [4.78, 5) is 23.5. The van der Waals surface area contributed by atoms with Crippen LogP contribution in [0.5, 0.6) is 0 Å². The molecule has 0 aliphatic heterocycles. The maximum atomic E-state index is 11.8. The molecule has 0 saturated heterocycles. The van der Waals surface area contributed by atoms with E-state index in [0.29, 0.717) is 77.6 Å². The van der Waals surface area contributed by atoms with Crippen LogP contribution in [0.3, 0.4) is 0 Å². The molecule has 0 radical (unpaired) electrons. The molecule has 0 unspecified atom stereocenters. The molecule has 8 nitrogen and oxygen atoms in total. The Bertz CT molecular complexity index is 1330. The van der Waals surface area contributed by atoms with E-state index in [2.05, 4.69) is 40.7 Å². The molecule has 2 aromatic carbocycles. The van der Waals surface area contributed by atoms with Gasteiger partial charge in [-0.3, -0.25) is 9.59 Å². The maximum absolute atomic E-state index is 11.8. The number of halogens is 2. The number of hydrogen-bond donors (Lipinski definition) is 1. The molecule has 1 N–H and O–H groups in total. The molecule has 13 heteroatoms. The lowest BCUT2D eigenvalue weighted by atomic mass is 10.2. The first-order chi connectivity index (χ1) is 27.0. The zero-order valence-corrected chi connectivity index (χ0v) is 41.7. The lowest BCUT2D eigenvalue weighted by molar-refractivity contribution is 0.00691. The summed E-state index contributed by atoms with van der Waals surface area (Å²) < 4.78 is 16.0. The number of carbonyl (C=O) groups excluding carboxylic acids is 2. The van der Waals surface area contributed by atoms with Gasteiger partial charge in [-0.05, 0) is 83.8 Å². The van der Waals surface area contributed by atoms with Crippen molar-refractivity contribution < 1.29 is 28.9 Å². The average Bonchev–Trinajstić information content (AvgIpc) is 3.12. The number of nitriles is 2. The standard InChI is InChI=1S/C13H18O2S.C12H14Cl2O2S.C6H11NO.C6H11NS.C4H10O.C4H10/c1-13(2,3)15-9-10-16-12(14)11-7-5-4-6-8-11;1-8(2)16-5-6-17-12(15)10-4-3-9(13)7-11(10)14;2*1-6(2)8-5-3-4-7;1-4(2)3-5;1-4(2)3/h4-8H,9-10H2,1-3H3;3-4,7-8H,5-6H2,1-2H3;2*6H,3,5H2,1-2H3;4-5H,3H2,1-2H3;4H,1-3H3. The number of nitrogens with zero attached hydrogens (tertiary/aromatic N) is 2. The monoisotopic (exact) mass is 904 g/mol. The third-order valence-corrected chi connectivity index (χ3v) is 8.85. The summed E-state index contributed by atoms with van der Waals surface area (Å²) in [6.07, 6.45) is 1.62. The molecule has 0 amide bonds. The minimum atomic E-state index is -0.129. The van der Waals surface area contributed by atoms with Gasteiger partial charge in [0.15, 0.2) is 0 Å². The Morgan fingerprint density at radius 2 is 1.21 bits per heavy atom. The van der Waals surface area contributed by atoms with Crippen LogP contribution in [-0.4, -0.2) is 82.1 Å². The number of thioether (sulfide) groups is 3. The topological polar surface area (TPSA) is 130 Å². The number of aliphatic hydroxyl groups is 1. The summed E-state index contributed by atoms with van der Waals surface area (Å²) in [5, 5.41) is 25.9. The summed E-state index contributed by atoms with van der Waals surface area (Å²) in [6.45, 7) is 30.6. The molecule has 0 aromatic heterocycles. The minimum absolute atomic E-state index is 0.0565. The third-order valence-electron chi connectivity index (χ3n) is 5.48. The molecule has 0 bridgehead atoms. The van der Waals surface area contributed by atoms with Crippen molar-refractivity contribution in [3.63, 3.8) is 0 Å². The van der Waals surface area contributed by atoms with Gasteiger partial charge in [0.2, 0.25) is 10.2 Å². The normalized spacial score (nSPS) is 10.3. The second-order valence-corrected chi connectivity index (χ2v) is 19.8. The van der Waals surface area contributed by atoms with Gasteiger partial charge in [-0.25, -0.2) is 0 Å². The van der Waals surface area contributed by atoms with Crippen molar-refractivity contribution in [2.24, 2.45) is 11.8 Å². The molecular weight excluding hydrogens is 832 g/mol. The first kappa shape index (κ1) is 62.9. The quantitative estimate of drug-likeness (QED) is 0.162. The Labute approximate surface area is 376 Å². The van der Waals surface area contributed by atoms with Crippen LogP contribution in [0.25, 0.3) is 0 Å². The van der Waals surface area contributed by atoms with Gasteiger partial charge in [-0.15, -0.1) is 0 Å². The molecule has 0 aliphatic rings. The molecule has 0 atom stereocenters. The van der Waals surface area contributed by atoms with Gasteiger partial charge in [-0.1, -0.05) is 126 Å². The predicted molar refractivity (Wildman–Crippen MR) is 255 cm³/mol. The van der Waals surface area contributed by atoms with E-state index in [4.69, 9.17) is 53.0 Å². The predicted octanol–water partition coefficient (Wildman–Crippen LogP) is 13.3. The van der Waals surface area contributed by atoms with Crippen molar-refractivity contribution in [1.82, 2.24) is 0 Å². The summed E-state index contributed by atoms with van der Waals surface area (Å²) in [5.74, 6) is 3.57. The maximum Gasteiger partial charge on any atom is 0.220 e. The summed E-state index contributed by atoms with van der Waals surface area (Å²) in [5.41, 5.74) is 1.12. The van der Waals surface area contributed by atoms with Gasteiger partial charge in [0, 0.05) is 46.4 Å². The van der Waals surface area contributed by atoms with E-state index >= 15 is 0 Å². The number of hydrogen-bond acceptors (Lipinski definition) is 11. The van der Waals surface area contributed by atoms with Crippen molar-refractivity contribution in [3.8, 4) is 12.1 Å². The molecule has 0 fully saturated rings. The fraction of sp³-hybridized carbons (Fsp3) is 0.644. The number of benzene rings is 2. The summed E-state index contributed by atoms with van der Waals surface area (Å²) >= 11 is 16.0. The van der Waals surface area contributed by atoms with Crippen molar-refractivity contribution >= 4 is 68.7 Å². The molecule has 2 rings (SSSR count). The Morgan fingerprint density at radius 1 is 0.724 bits per heavy atom. The second-order valence-electron chi connectivity index (χ2n) is 15.1. The van der Waals surface area contributed by atoms with E-state index in [9.17, 15) is 9.59 Å². The van der Waals surface area contributed by atoms with Crippen LogP contribution in [0.2, 0.25) is 10.0 Å². The van der Waals surface area contributed by atoms with E-state index in [1.807, 2.05) is 110 Å². The molecule has 2 aromatic rings. The van der Waals surface area contributed by atoms with Crippen LogP contribution in [0.4, 0.5) is 0 Å². The largest absolute Gasteiger partial charge is 0.396 e. The van der Waals surface area contributed by atoms with Crippen LogP contribution in [0.15, 0.2) is 48.5 Å². The third kappa shape index (κ3) is 52.2. The molecule has 58 heavy (non-hydrogen) atoms. The van der Waals surface area contributed by atoms with E-state index in [-0.39, 0.29) is 28.0 Å². The van der Waals surface area contributed by atoms with Gasteiger partial charge in [0.1, 0.15) is 0 Å². The lowest BCUT2D eigenvalue weighted by Crippen LogP contribution is -2.20. The Kier molecular flexibility index (Phi) is 45.5.